The number of halogens is 2. The number of anilines is 2. The van der Waals surface area contributed by atoms with E-state index in [0.717, 1.165) is 35.7 Å². The van der Waals surface area contributed by atoms with E-state index in [9.17, 15) is 4.39 Å². The fourth-order valence-electron chi connectivity index (χ4n) is 2.50. The molecule has 0 bridgehead atoms. The molecule has 0 atom stereocenters. The minimum Gasteiger partial charge on any atom is -0.491 e. The molecule has 0 fully saturated rings. The van der Waals surface area contributed by atoms with Gasteiger partial charge in [0.15, 0.2) is 0 Å². The van der Waals surface area contributed by atoms with Gasteiger partial charge in [0.1, 0.15) is 11.6 Å². The molecule has 0 radical (unpaired) electrons. The Kier molecular flexibility index (Phi) is 3.92. The molecule has 0 aliphatic carbocycles. The van der Waals surface area contributed by atoms with Crippen molar-refractivity contribution in [1.82, 2.24) is 0 Å². The lowest BCUT2D eigenvalue weighted by Gasteiger charge is -2.26. The lowest BCUT2D eigenvalue weighted by atomic mass is 10.1. The highest BCUT2D eigenvalue weighted by atomic mass is 79.9. The van der Waals surface area contributed by atoms with Crippen LogP contribution in [0.15, 0.2) is 42.5 Å². The summed E-state index contributed by atoms with van der Waals surface area (Å²) in [6.45, 7) is 1.57. The standard InChI is InChI=1S/C16H15BrFNO/c17-11-12-10-13(18)6-7-14(12)19-8-3-9-20-16-5-2-1-4-15(16)19/h1-2,4-7,10H,3,8-9,11H2. The number of fused-ring (bicyclic) bond motifs is 1. The summed E-state index contributed by atoms with van der Waals surface area (Å²) < 4.78 is 19.2. The van der Waals surface area contributed by atoms with E-state index in [2.05, 4.69) is 20.8 Å². The zero-order valence-corrected chi connectivity index (χ0v) is 12.6. The van der Waals surface area contributed by atoms with Gasteiger partial charge in [0, 0.05) is 17.6 Å². The molecule has 0 amide bonds. The Labute approximate surface area is 126 Å². The SMILES string of the molecule is Fc1ccc(N2CCCOc3ccccc32)c(CBr)c1. The van der Waals surface area contributed by atoms with Crippen molar-refractivity contribution >= 4 is 27.3 Å². The highest BCUT2D eigenvalue weighted by Gasteiger charge is 2.19. The lowest BCUT2D eigenvalue weighted by molar-refractivity contribution is 0.322. The van der Waals surface area contributed by atoms with Gasteiger partial charge in [0.25, 0.3) is 0 Å². The quantitative estimate of drug-likeness (QED) is 0.741. The maximum Gasteiger partial charge on any atom is 0.142 e. The first-order valence-electron chi connectivity index (χ1n) is 6.63. The first-order chi connectivity index (χ1) is 9.79. The van der Waals surface area contributed by atoms with E-state index < -0.39 is 0 Å². The molecule has 4 heteroatoms. The highest BCUT2D eigenvalue weighted by Crippen LogP contribution is 2.37. The summed E-state index contributed by atoms with van der Waals surface area (Å²) >= 11 is 3.44. The largest absolute Gasteiger partial charge is 0.491 e. The van der Waals surface area contributed by atoms with Crippen LogP contribution in [0.2, 0.25) is 0 Å². The number of para-hydroxylation sites is 2. The number of hydrogen-bond acceptors (Lipinski definition) is 2. The van der Waals surface area contributed by atoms with Crippen LogP contribution in [0.25, 0.3) is 0 Å². The van der Waals surface area contributed by atoms with Crippen molar-refractivity contribution in [3.63, 3.8) is 0 Å². The minimum atomic E-state index is -0.206. The molecular weight excluding hydrogens is 321 g/mol. The molecule has 0 N–H and O–H groups in total. The van der Waals surface area contributed by atoms with Gasteiger partial charge < -0.3 is 9.64 Å². The summed E-state index contributed by atoms with van der Waals surface area (Å²) in [5.41, 5.74) is 3.02. The topological polar surface area (TPSA) is 12.5 Å². The van der Waals surface area contributed by atoms with Crippen LogP contribution in [0.4, 0.5) is 15.8 Å². The Morgan fingerprint density at radius 2 is 2.00 bits per heavy atom. The van der Waals surface area contributed by atoms with E-state index >= 15 is 0 Å². The molecule has 1 aliphatic rings. The van der Waals surface area contributed by atoms with Crippen molar-refractivity contribution in [2.24, 2.45) is 0 Å². The number of nitrogens with zero attached hydrogens (tertiary/aromatic N) is 1. The molecule has 2 aromatic rings. The van der Waals surface area contributed by atoms with E-state index in [4.69, 9.17) is 4.74 Å². The molecule has 104 valence electrons. The van der Waals surface area contributed by atoms with Gasteiger partial charge in [-0.2, -0.15) is 0 Å². The van der Waals surface area contributed by atoms with Gasteiger partial charge in [-0.15, -0.1) is 0 Å². The third-order valence-electron chi connectivity index (χ3n) is 3.42. The molecule has 20 heavy (non-hydrogen) atoms. The second kappa shape index (κ2) is 5.83. The first-order valence-corrected chi connectivity index (χ1v) is 7.75. The van der Waals surface area contributed by atoms with Gasteiger partial charge in [-0.25, -0.2) is 4.39 Å². The smallest absolute Gasteiger partial charge is 0.142 e. The molecular formula is C16H15BrFNO. The summed E-state index contributed by atoms with van der Waals surface area (Å²) in [4.78, 5) is 2.21. The second-order valence-electron chi connectivity index (χ2n) is 4.73. The van der Waals surface area contributed by atoms with Crippen LogP contribution >= 0.6 is 15.9 Å². The van der Waals surface area contributed by atoms with Crippen LogP contribution in [0.3, 0.4) is 0 Å². The van der Waals surface area contributed by atoms with Gasteiger partial charge in [0.05, 0.1) is 12.3 Å². The Bertz CT molecular complexity index is 617. The monoisotopic (exact) mass is 335 g/mol. The molecule has 3 rings (SSSR count). The normalized spacial score (nSPS) is 14.4. The summed E-state index contributed by atoms with van der Waals surface area (Å²) in [6, 6.07) is 12.9. The van der Waals surface area contributed by atoms with E-state index in [1.54, 1.807) is 6.07 Å². The predicted octanol–water partition coefficient (Wildman–Crippen LogP) is 4.64. The van der Waals surface area contributed by atoms with Crippen molar-refractivity contribution in [3.05, 3.63) is 53.8 Å². The minimum absolute atomic E-state index is 0.206. The van der Waals surface area contributed by atoms with Crippen molar-refractivity contribution in [3.8, 4) is 5.75 Å². The number of alkyl halides is 1. The number of ether oxygens (including phenoxy) is 1. The Morgan fingerprint density at radius 1 is 1.15 bits per heavy atom. The Hall–Kier alpha value is -1.55. The maximum atomic E-state index is 13.4. The third-order valence-corrected chi connectivity index (χ3v) is 4.02. The van der Waals surface area contributed by atoms with Gasteiger partial charge in [-0.05, 0) is 42.3 Å². The Morgan fingerprint density at radius 3 is 2.85 bits per heavy atom. The van der Waals surface area contributed by atoms with Crippen LogP contribution in [0.1, 0.15) is 12.0 Å². The number of benzene rings is 2. The summed E-state index contributed by atoms with van der Waals surface area (Å²) in [7, 11) is 0. The van der Waals surface area contributed by atoms with E-state index in [-0.39, 0.29) is 5.82 Å². The van der Waals surface area contributed by atoms with E-state index in [1.807, 2.05) is 30.3 Å². The van der Waals surface area contributed by atoms with Gasteiger partial charge >= 0.3 is 0 Å². The first kappa shape index (κ1) is 13.4. The highest BCUT2D eigenvalue weighted by molar-refractivity contribution is 9.08. The number of rotatable bonds is 2. The van der Waals surface area contributed by atoms with Crippen molar-refractivity contribution in [2.75, 3.05) is 18.1 Å². The van der Waals surface area contributed by atoms with Crippen LogP contribution in [0, 0.1) is 5.82 Å². The molecule has 0 aromatic heterocycles. The van der Waals surface area contributed by atoms with E-state index in [1.165, 1.54) is 6.07 Å². The fourth-order valence-corrected chi connectivity index (χ4v) is 2.95. The summed E-state index contributed by atoms with van der Waals surface area (Å²) in [5.74, 6) is 0.678. The zero-order chi connectivity index (χ0) is 13.9. The zero-order valence-electron chi connectivity index (χ0n) is 11.0. The van der Waals surface area contributed by atoms with Crippen molar-refractivity contribution in [2.45, 2.75) is 11.8 Å². The maximum absolute atomic E-state index is 13.4. The van der Waals surface area contributed by atoms with Crippen molar-refractivity contribution in [1.29, 1.82) is 0 Å². The van der Waals surface area contributed by atoms with Crippen molar-refractivity contribution < 1.29 is 9.13 Å². The second-order valence-corrected chi connectivity index (χ2v) is 5.29. The molecule has 1 heterocycles. The molecule has 2 nitrogen and oxygen atoms in total. The van der Waals surface area contributed by atoms with Gasteiger partial charge in [-0.3, -0.25) is 0 Å². The predicted molar refractivity (Wildman–Crippen MR) is 82.6 cm³/mol. The van der Waals surface area contributed by atoms with Crippen LogP contribution in [0.5, 0.6) is 5.75 Å². The van der Waals surface area contributed by atoms with Gasteiger partial charge in [-0.1, -0.05) is 28.1 Å². The average molecular weight is 336 g/mol. The number of hydrogen-bond donors (Lipinski definition) is 0. The molecule has 1 aliphatic heterocycles. The van der Waals surface area contributed by atoms with Crippen LogP contribution in [-0.4, -0.2) is 13.2 Å². The summed E-state index contributed by atoms with van der Waals surface area (Å²) in [6.07, 6.45) is 0.938. The molecule has 0 spiro atoms. The van der Waals surface area contributed by atoms with Crippen LogP contribution in [-0.2, 0) is 5.33 Å². The molecule has 0 saturated heterocycles. The fraction of sp³-hybridized carbons (Fsp3) is 0.250. The third kappa shape index (κ3) is 2.52. The van der Waals surface area contributed by atoms with E-state index in [0.29, 0.717) is 11.9 Å². The summed E-state index contributed by atoms with van der Waals surface area (Å²) in [5, 5.41) is 0.625. The van der Waals surface area contributed by atoms with Crippen LogP contribution < -0.4 is 9.64 Å². The average Bonchev–Trinajstić information content (AvgIpc) is 2.69. The lowest BCUT2D eigenvalue weighted by Crippen LogP contribution is -2.19. The molecule has 0 saturated carbocycles. The van der Waals surface area contributed by atoms with Gasteiger partial charge in [0.2, 0.25) is 0 Å². The Balaban J connectivity index is 2.10. The molecule has 0 unspecified atom stereocenters. The molecule has 2 aromatic carbocycles.